The van der Waals surface area contributed by atoms with Crippen molar-refractivity contribution < 1.29 is 44.2 Å². The summed E-state index contributed by atoms with van der Waals surface area (Å²) in [7, 11) is 0. The maximum atomic E-state index is 10.6. The van der Waals surface area contributed by atoms with Gasteiger partial charge in [0, 0.05) is 17.5 Å². The zero-order valence-electron chi connectivity index (χ0n) is 20.3. The first-order valence-electron chi connectivity index (χ1n) is 11.9. The Morgan fingerprint density at radius 1 is 0.743 bits per heavy atom. The van der Waals surface area contributed by atoms with Crippen molar-refractivity contribution >= 4 is 5.97 Å². The first-order chi connectivity index (χ1) is 16.7. The molecule has 0 amide bonds. The zero-order chi connectivity index (χ0) is 23.6. The van der Waals surface area contributed by atoms with Crippen LogP contribution in [0.25, 0.3) is 28.2 Å². The summed E-state index contributed by atoms with van der Waals surface area (Å²) in [5.41, 5.74) is 5.01. The van der Waals surface area contributed by atoms with Crippen LogP contribution in [0, 0.1) is 0 Å². The van der Waals surface area contributed by atoms with E-state index in [2.05, 4.69) is 41.0 Å². The molecule has 1 aromatic heterocycles. The Balaban J connectivity index is 0.00000342. The molecule has 3 aromatic carbocycles. The van der Waals surface area contributed by atoms with Crippen molar-refractivity contribution in [2.75, 3.05) is 6.61 Å². The van der Waals surface area contributed by atoms with Gasteiger partial charge in [-0.05, 0) is 25.0 Å². The van der Waals surface area contributed by atoms with E-state index in [1.165, 1.54) is 0 Å². The van der Waals surface area contributed by atoms with Crippen molar-refractivity contribution in [2.24, 2.45) is 0 Å². The van der Waals surface area contributed by atoms with E-state index in [0.29, 0.717) is 12.6 Å². The molecule has 0 aliphatic heterocycles. The third-order valence-corrected chi connectivity index (χ3v) is 5.72. The van der Waals surface area contributed by atoms with Crippen LogP contribution in [-0.4, -0.2) is 27.2 Å². The van der Waals surface area contributed by atoms with Gasteiger partial charge in [0.15, 0.2) is 0 Å². The van der Waals surface area contributed by atoms with Crippen LogP contribution < -0.4 is 34.3 Å². The Hall–Kier alpha value is -2.86. The fourth-order valence-corrected chi connectivity index (χ4v) is 4.04. The van der Waals surface area contributed by atoms with Gasteiger partial charge in [0.2, 0.25) is 0 Å². The van der Waals surface area contributed by atoms with Gasteiger partial charge in [0.05, 0.1) is 18.0 Å². The Morgan fingerprint density at radius 2 is 1.29 bits per heavy atom. The third-order valence-electron chi connectivity index (χ3n) is 5.72. The number of hydrogen-bond donors (Lipinski definition) is 1. The Morgan fingerprint density at radius 3 is 1.91 bits per heavy atom. The van der Waals surface area contributed by atoms with Gasteiger partial charge in [-0.1, -0.05) is 98.1 Å². The molecule has 0 bridgehead atoms. The number of hydrogen-bond acceptors (Lipinski definition) is 3. The summed E-state index contributed by atoms with van der Waals surface area (Å²) in [6.07, 6.45) is 4.82. The molecule has 0 saturated carbocycles. The predicted molar refractivity (Wildman–Crippen MR) is 135 cm³/mol. The number of carboxylic acid groups (broad SMARTS) is 1. The Bertz CT molecular complexity index is 1180. The molecule has 0 radical (unpaired) electrons. The minimum atomic E-state index is -0.723. The molecule has 4 rings (SSSR count). The monoisotopic (exact) mass is 477 g/mol. The van der Waals surface area contributed by atoms with Crippen molar-refractivity contribution in [1.82, 2.24) is 9.55 Å². The number of para-hydroxylation sites is 1. The molecule has 6 heteroatoms. The normalized spacial score (nSPS) is 10.5. The van der Waals surface area contributed by atoms with Gasteiger partial charge in [-0.15, -0.1) is 0 Å². The molecule has 0 spiro atoms. The topological polar surface area (TPSA) is 64.3 Å². The van der Waals surface area contributed by atoms with Crippen molar-refractivity contribution in [1.29, 1.82) is 0 Å². The minimum Gasteiger partial charge on any atom is -0.481 e. The summed E-state index contributed by atoms with van der Waals surface area (Å²) in [5, 5.41) is 8.76. The van der Waals surface area contributed by atoms with Gasteiger partial charge in [-0.3, -0.25) is 9.36 Å². The van der Waals surface area contributed by atoms with E-state index >= 15 is 0 Å². The summed E-state index contributed by atoms with van der Waals surface area (Å²) >= 11 is 0. The summed E-state index contributed by atoms with van der Waals surface area (Å²) in [6, 6.07) is 31.3. The zero-order valence-corrected chi connectivity index (χ0v) is 22.3. The second-order valence-corrected chi connectivity index (χ2v) is 8.25. The van der Waals surface area contributed by atoms with E-state index in [4.69, 9.17) is 14.8 Å². The van der Waals surface area contributed by atoms with Gasteiger partial charge < -0.3 is 9.84 Å². The molecule has 1 N–H and O–H groups in total. The number of ether oxygens (including phenoxy) is 1. The number of carbonyl (C=O) groups is 1. The van der Waals surface area contributed by atoms with Crippen molar-refractivity contribution in [3.05, 3.63) is 91.0 Å². The van der Waals surface area contributed by atoms with Gasteiger partial charge in [-0.25, -0.2) is 0 Å². The molecule has 35 heavy (non-hydrogen) atoms. The van der Waals surface area contributed by atoms with E-state index in [1.54, 1.807) is 0 Å². The number of rotatable bonds is 12. The molecule has 5 nitrogen and oxygen atoms in total. The van der Waals surface area contributed by atoms with Crippen molar-refractivity contribution in [2.45, 2.75) is 38.5 Å². The van der Waals surface area contributed by atoms with Crippen molar-refractivity contribution in [3.63, 3.8) is 0 Å². The number of carboxylic acids is 1. The second-order valence-electron chi connectivity index (χ2n) is 8.25. The number of aromatic nitrogens is 2. The number of benzene rings is 3. The molecule has 0 unspecified atom stereocenters. The van der Waals surface area contributed by atoms with Crippen molar-refractivity contribution in [3.8, 4) is 34.2 Å². The fourth-order valence-electron chi connectivity index (χ4n) is 4.04. The summed E-state index contributed by atoms with van der Waals surface area (Å²) in [6.45, 7) is 0.561. The van der Waals surface area contributed by atoms with E-state index in [1.807, 2.05) is 54.6 Å². The molecular weight excluding hydrogens is 447 g/mol. The predicted octanol–water partition coefficient (Wildman–Crippen LogP) is 4.01. The maximum Gasteiger partial charge on any atom is 1.00 e. The fraction of sp³-hybridized carbons (Fsp3) is 0.241. The third kappa shape index (κ3) is 7.31. The first kappa shape index (κ1) is 26.7. The Labute approximate surface area is 229 Å². The minimum absolute atomic E-state index is 0. The largest absolute Gasteiger partial charge is 1.00 e. The van der Waals surface area contributed by atoms with Gasteiger partial charge in [-0.2, -0.15) is 4.98 Å². The van der Waals surface area contributed by atoms with Crippen LogP contribution in [0.5, 0.6) is 6.01 Å². The molecule has 4 aromatic rings. The second kappa shape index (κ2) is 13.9. The van der Waals surface area contributed by atoms with Crippen LogP contribution in [0.4, 0.5) is 0 Å². The van der Waals surface area contributed by atoms with Crippen LogP contribution in [0.15, 0.2) is 91.0 Å². The smallest absolute Gasteiger partial charge is 0.481 e. The molecule has 1 heterocycles. The SMILES string of the molecule is O=C(O)CCCCCCCOc1nc(-c2ccccc2)c(-c2ccccc2)n1-c1ccccc1.[Na+]. The van der Waals surface area contributed by atoms with Crippen LogP contribution in [0.2, 0.25) is 0 Å². The summed E-state index contributed by atoms with van der Waals surface area (Å²) in [4.78, 5) is 15.6. The number of unbranched alkanes of at least 4 members (excludes halogenated alkanes) is 4. The average molecular weight is 478 g/mol. The number of nitrogens with zero attached hydrogens (tertiary/aromatic N) is 2. The molecule has 0 fully saturated rings. The average Bonchev–Trinajstić information content (AvgIpc) is 3.26. The summed E-state index contributed by atoms with van der Waals surface area (Å²) in [5.74, 6) is -0.723. The molecule has 0 atom stereocenters. The van der Waals surface area contributed by atoms with E-state index < -0.39 is 5.97 Å². The van der Waals surface area contributed by atoms with Crippen LogP contribution in [0.1, 0.15) is 38.5 Å². The number of aliphatic carboxylic acids is 1. The van der Waals surface area contributed by atoms with E-state index in [0.717, 1.165) is 60.3 Å². The Kier molecular flexibility index (Phi) is 10.6. The standard InChI is InChI=1S/C29H30N2O3.Na/c32-26(33)21-13-2-1-3-14-22-34-29-30-27(23-15-7-4-8-16-23)28(24-17-9-5-10-18-24)31(29)25-19-11-6-12-20-25;/h4-12,15-20H,1-3,13-14,21-22H2,(H,32,33);/q;+1. The molecule has 0 saturated heterocycles. The quantitative estimate of drug-likeness (QED) is 0.247. The molecule has 0 aliphatic carbocycles. The maximum absolute atomic E-state index is 10.6. The van der Waals surface area contributed by atoms with Gasteiger partial charge in [0.25, 0.3) is 0 Å². The summed E-state index contributed by atoms with van der Waals surface area (Å²) < 4.78 is 8.36. The van der Waals surface area contributed by atoms with E-state index in [9.17, 15) is 4.79 Å². The van der Waals surface area contributed by atoms with E-state index in [-0.39, 0.29) is 36.0 Å². The van der Waals surface area contributed by atoms with Gasteiger partial charge >= 0.3 is 41.5 Å². The molecule has 174 valence electrons. The number of imidazole rings is 1. The first-order valence-corrected chi connectivity index (χ1v) is 11.9. The molecule has 0 aliphatic rings. The van der Waals surface area contributed by atoms with Crippen LogP contribution in [-0.2, 0) is 4.79 Å². The van der Waals surface area contributed by atoms with Crippen LogP contribution >= 0.6 is 0 Å². The molecular formula is C29H30N2NaO3+. The van der Waals surface area contributed by atoms with Crippen LogP contribution in [0.3, 0.4) is 0 Å². The van der Waals surface area contributed by atoms with Gasteiger partial charge in [0.1, 0.15) is 5.69 Å².